The number of nitrogens with one attached hydrogen (secondary N) is 2. The molecule has 0 saturated heterocycles. The van der Waals surface area contributed by atoms with Crippen molar-refractivity contribution in [3.8, 4) is 5.75 Å². The normalized spacial score (nSPS) is 17.8. The summed E-state index contributed by atoms with van der Waals surface area (Å²) < 4.78 is 11.3. The number of aromatic amines is 1. The third kappa shape index (κ3) is 4.82. The number of hydrogen-bond donors (Lipinski definition) is 2. The lowest BCUT2D eigenvalue weighted by Crippen LogP contribution is -2.40. The highest BCUT2D eigenvalue weighted by molar-refractivity contribution is 6.31. The minimum absolute atomic E-state index is 0.254. The van der Waals surface area contributed by atoms with Crippen molar-refractivity contribution in [3.63, 3.8) is 0 Å². The van der Waals surface area contributed by atoms with Gasteiger partial charge in [0.1, 0.15) is 11.8 Å². The molecule has 2 aliphatic rings. The highest BCUT2D eigenvalue weighted by Crippen LogP contribution is 2.39. The van der Waals surface area contributed by atoms with Crippen LogP contribution in [0, 0.1) is 0 Å². The molecule has 1 atom stereocenters. The van der Waals surface area contributed by atoms with Gasteiger partial charge in [0.05, 0.1) is 13.2 Å². The molecule has 1 aliphatic heterocycles. The Morgan fingerprint density at radius 3 is 2.79 bits per heavy atom. The number of hydrogen-bond acceptors (Lipinski definition) is 4. The average Bonchev–Trinajstić information content (AvgIpc) is 3.58. The van der Waals surface area contributed by atoms with Gasteiger partial charge in [-0.05, 0) is 80.6 Å². The van der Waals surface area contributed by atoms with E-state index in [-0.39, 0.29) is 12.1 Å². The second-order valence-electron chi connectivity index (χ2n) is 8.75. The van der Waals surface area contributed by atoms with E-state index < -0.39 is 0 Å². The van der Waals surface area contributed by atoms with Gasteiger partial charge in [0.15, 0.2) is 0 Å². The zero-order valence-electron chi connectivity index (χ0n) is 18.9. The lowest BCUT2D eigenvalue weighted by atomic mass is 9.92. The molecule has 1 aromatic heterocycles. The Morgan fingerprint density at radius 1 is 1.21 bits per heavy atom. The van der Waals surface area contributed by atoms with Gasteiger partial charge in [-0.1, -0.05) is 23.7 Å². The molecular formula is C26H30ClN3O3. The number of carbonyl (C=O) groups excluding carboxylic acids is 1. The predicted molar refractivity (Wildman–Crippen MR) is 130 cm³/mol. The van der Waals surface area contributed by atoms with Crippen LogP contribution in [0.15, 0.2) is 42.5 Å². The van der Waals surface area contributed by atoms with E-state index in [1.807, 2.05) is 54.3 Å². The Morgan fingerprint density at radius 2 is 2.03 bits per heavy atom. The number of amides is 1. The maximum absolute atomic E-state index is 12.8. The molecule has 2 N–H and O–H groups in total. The molecule has 5 rings (SSSR count). The van der Waals surface area contributed by atoms with Crippen molar-refractivity contribution < 1.29 is 14.3 Å². The number of fused-ring (bicyclic) bond motifs is 3. The van der Waals surface area contributed by atoms with E-state index in [0.717, 1.165) is 53.3 Å². The fourth-order valence-electron chi connectivity index (χ4n) is 4.61. The van der Waals surface area contributed by atoms with Gasteiger partial charge in [0.25, 0.3) is 0 Å². The number of halogens is 1. The molecule has 1 fully saturated rings. The number of carbonyl (C=O) groups is 1. The minimum atomic E-state index is -0.298. The van der Waals surface area contributed by atoms with Gasteiger partial charge in [-0.15, -0.1) is 0 Å². The third-order valence-corrected chi connectivity index (χ3v) is 6.62. The van der Waals surface area contributed by atoms with Crippen LogP contribution >= 0.6 is 11.6 Å². The maximum atomic E-state index is 12.8. The van der Waals surface area contributed by atoms with Crippen LogP contribution in [0.4, 0.5) is 4.79 Å². The smallest absolute Gasteiger partial charge is 0.410 e. The van der Waals surface area contributed by atoms with Crippen LogP contribution in [0.3, 0.4) is 0 Å². The fraction of sp³-hybridized carbons (Fsp3) is 0.423. The number of aromatic nitrogens is 1. The minimum Gasteiger partial charge on any atom is -0.494 e. The van der Waals surface area contributed by atoms with Crippen LogP contribution in [-0.2, 0) is 11.2 Å². The summed E-state index contributed by atoms with van der Waals surface area (Å²) in [5.41, 5.74) is 4.28. The summed E-state index contributed by atoms with van der Waals surface area (Å²) in [5.74, 6) is 0.840. The lowest BCUT2D eigenvalue weighted by molar-refractivity contribution is 0.0932. The van der Waals surface area contributed by atoms with Crippen LogP contribution in [0.1, 0.15) is 49.0 Å². The molecule has 2 heterocycles. The largest absolute Gasteiger partial charge is 0.494 e. The summed E-state index contributed by atoms with van der Waals surface area (Å²) in [4.78, 5) is 18.2. The predicted octanol–water partition coefficient (Wildman–Crippen LogP) is 5.45. The van der Waals surface area contributed by atoms with Crippen molar-refractivity contribution in [2.75, 3.05) is 26.3 Å². The average molecular weight is 468 g/mol. The van der Waals surface area contributed by atoms with Gasteiger partial charge in [0, 0.05) is 34.2 Å². The quantitative estimate of drug-likeness (QED) is 0.432. The molecule has 0 bridgehead atoms. The van der Waals surface area contributed by atoms with Gasteiger partial charge in [-0.25, -0.2) is 4.79 Å². The first-order valence-electron chi connectivity index (χ1n) is 11.8. The van der Waals surface area contributed by atoms with Crippen molar-refractivity contribution >= 4 is 28.6 Å². The van der Waals surface area contributed by atoms with Gasteiger partial charge in [0.2, 0.25) is 0 Å². The second kappa shape index (κ2) is 9.65. The highest BCUT2D eigenvalue weighted by Gasteiger charge is 2.35. The fourth-order valence-corrected chi connectivity index (χ4v) is 4.78. The lowest BCUT2D eigenvalue weighted by Gasteiger charge is -2.35. The molecule has 0 radical (unpaired) electrons. The van der Waals surface area contributed by atoms with Crippen LogP contribution in [0.5, 0.6) is 5.75 Å². The van der Waals surface area contributed by atoms with Crippen LogP contribution in [0.25, 0.3) is 10.9 Å². The van der Waals surface area contributed by atoms with E-state index in [0.29, 0.717) is 24.8 Å². The molecule has 2 aromatic carbocycles. The first-order valence-corrected chi connectivity index (χ1v) is 12.2. The summed E-state index contributed by atoms with van der Waals surface area (Å²) >= 11 is 6.27. The molecule has 6 nitrogen and oxygen atoms in total. The van der Waals surface area contributed by atoms with E-state index >= 15 is 0 Å². The molecule has 1 saturated carbocycles. The summed E-state index contributed by atoms with van der Waals surface area (Å²) in [7, 11) is 0. The first-order chi connectivity index (χ1) is 16.1. The molecule has 1 aliphatic carbocycles. The standard InChI is InChI=1S/C26H30ClN3O3/c1-2-32-26(31)30-14-12-21-22-16-18(27)6-11-23(22)29-24(21)25(30)17-4-9-20(10-5-17)33-15-3-13-28-19-7-8-19/h4-6,9-11,16,19,25,28-29H,2-3,7-8,12-15H2,1H3/t25-/m0/s1. The van der Waals surface area contributed by atoms with Crippen molar-refractivity contribution in [2.45, 2.75) is 44.7 Å². The summed E-state index contributed by atoms with van der Waals surface area (Å²) in [6, 6.07) is 14.4. The molecule has 3 aromatic rings. The first kappa shape index (κ1) is 22.1. The van der Waals surface area contributed by atoms with Crippen molar-refractivity contribution in [1.29, 1.82) is 0 Å². The monoisotopic (exact) mass is 467 g/mol. The van der Waals surface area contributed by atoms with Crippen LogP contribution in [0.2, 0.25) is 5.02 Å². The van der Waals surface area contributed by atoms with Gasteiger partial charge < -0.3 is 19.8 Å². The van der Waals surface area contributed by atoms with Crippen molar-refractivity contribution in [2.24, 2.45) is 0 Å². The third-order valence-electron chi connectivity index (χ3n) is 6.39. The van der Waals surface area contributed by atoms with E-state index in [2.05, 4.69) is 10.3 Å². The van der Waals surface area contributed by atoms with E-state index in [4.69, 9.17) is 21.1 Å². The molecule has 0 spiro atoms. The zero-order chi connectivity index (χ0) is 22.8. The van der Waals surface area contributed by atoms with E-state index in [1.54, 1.807) is 0 Å². The topological polar surface area (TPSA) is 66.6 Å². The number of nitrogens with zero attached hydrogens (tertiary/aromatic N) is 1. The summed E-state index contributed by atoms with van der Waals surface area (Å²) in [6.45, 7) is 4.44. The Hall–Kier alpha value is -2.70. The molecule has 0 unspecified atom stereocenters. The van der Waals surface area contributed by atoms with E-state index in [1.165, 1.54) is 18.4 Å². The number of benzene rings is 2. The van der Waals surface area contributed by atoms with Crippen LogP contribution in [-0.4, -0.2) is 48.3 Å². The number of ether oxygens (including phenoxy) is 2. The maximum Gasteiger partial charge on any atom is 0.410 e. The summed E-state index contributed by atoms with van der Waals surface area (Å²) in [5, 5.41) is 5.33. The van der Waals surface area contributed by atoms with Gasteiger partial charge >= 0.3 is 6.09 Å². The Bertz CT molecular complexity index is 1120. The van der Waals surface area contributed by atoms with Crippen LogP contribution < -0.4 is 10.1 Å². The molecule has 1 amide bonds. The van der Waals surface area contributed by atoms with Crippen molar-refractivity contribution in [1.82, 2.24) is 15.2 Å². The zero-order valence-corrected chi connectivity index (χ0v) is 19.7. The molecule has 33 heavy (non-hydrogen) atoms. The molecule has 7 heteroatoms. The second-order valence-corrected chi connectivity index (χ2v) is 9.19. The molecular weight excluding hydrogens is 438 g/mol. The number of H-pyrrole nitrogens is 1. The highest BCUT2D eigenvalue weighted by atomic mass is 35.5. The Kier molecular flexibility index (Phi) is 6.47. The molecule has 174 valence electrons. The Labute approximate surface area is 199 Å². The Balaban J connectivity index is 1.38. The number of rotatable bonds is 8. The SMILES string of the molecule is CCOC(=O)N1CCc2c([nH]c3ccc(Cl)cc23)[C@@H]1c1ccc(OCCCNC2CC2)cc1. The summed E-state index contributed by atoms with van der Waals surface area (Å²) in [6.07, 6.45) is 4.04. The van der Waals surface area contributed by atoms with E-state index in [9.17, 15) is 4.79 Å². The van der Waals surface area contributed by atoms with Gasteiger partial charge in [-0.2, -0.15) is 0 Å². The van der Waals surface area contributed by atoms with Crippen molar-refractivity contribution in [3.05, 3.63) is 64.3 Å². The van der Waals surface area contributed by atoms with Gasteiger partial charge in [-0.3, -0.25) is 4.90 Å².